The Morgan fingerprint density at radius 2 is 1.76 bits per heavy atom. The van der Waals surface area contributed by atoms with Gasteiger partial charge in [0.25, 0.3) is 5.91 Å². The van der Waals surface area contributed by atoms with Crippen LogP contribution in [0.3, 0.4) is 0 Å². The predicted octanol–water partition coefficient (Wildman–Crippen LogP) is 3.17. The molecule has 25 heavy (non-hydrogen) atoms. The van der Waals surface area contributed by atoms with E-state index in [9.17, 15) is 9.59 Å². The molecule has 3 aromatic rings. The van der Waals surface area contributed by atoms with Crippen LogP contribution >= 0.6 is 11.3 Å². The lowest BCUT2D eigenvalue weighted by Gasteiger charge is -2.11. The lowest BCUT2D eigenvalue weighted by molar-refractivity contribution is -0.117. The number of nitrogens with zero attached hydrogens (tertiary/aromatic N) is 1. The third-order valence-electron chi connectivity index (χ3n) is 3.35. The first-order chi connectivity index (χ1) is 12.1. The molecule has 7 heteroatoms. The maximum atomic E-state index is 12.6. The van der Waals surface area contributed by atoms with Gasteiger partial charge >= 0.3 is 0 Å². The van der Waals surface area contributed by atoms with Crippen LogP contribution in [0.2, 0.25) is 0 Å². The van der Waals surface area contributed by atoms with Crippen molar-refractivity contribution in [3.63, 3.8) is 0 Å². The number of carbonyl (C=O) groups excluding carboxylic acids is 2. The molecule has 0 radical (unpaired) electrons. The van der Waals surface area contributed by atoms with Crippen molar-refractivity contribution in [2.24, 2.45) is 5.73 Å². The molecule has 2 amide bonds. The Morgan fingerprint density at radius 1 is 1.04 bits per heavy atom. The van der Waals surface area contributed by atoms with Crippen LogP contribution < -0.4 is 16.4 Å². The van der Waals surface area contributed by atoms with Gasteiger partial charge in [-0.3, -0.25) is 14.9 Å². The average Bonchev–Trinajstić information content (AvgIpc) is 3.02. The van der Waals surface area contributed by atoms with Crippen LogP contribution in [0, 0.1) is 0 Å². The van der Waals surface area contributed by atoms with Crippen molar-refractivity contribution < 1.29 is 9.59 Å². The number of amides is 2. The highest BCUT2D eigenvalue weighted by atomic mass is 32.1. The Labute approximate surface area is 148 Å². The summed E-state index contributed by atoms with van der Waals surface area (Å²) in [4.78, 5) is 27.7. The summed E-state index contributed by atoms with van der Waals surface area (Å²) >= 11 is 1.25. The summed E-state index contributed by atoms with van der Waals surface area (Å²) in [6.07, 6.45) is 0.0541. The molecule has 1 aromatic heterocycles. The van der Waals surface area contributed by atoms with Crippen LogP contribution in [0.1, 0.15) is 16.1 Å². The van der Waals surface area contributed by atoms with Gasteiger partial charge in [-0.15, -0.1) is 11.3 Å². The first kappa shape index (κ1) is 16.7. The first-order valence-electron chi connectivity index (χ1n) is 7.57. The number of hydrogen-bond donors (Lipinski definition) is 3. The fourth-order valence-electron chi connectivity index (χ4n) is 2.26. The van der Waals surface area contributed by atoms with Gasteiger partial charge < -0.3 is 11.1 Å². The smallest absolute Gasteiger partial charge is 0.259 e. The van der Waals surface area contributed by atoms with Crippen LogP contribution in [-0.2, 0) is 11.2 Å². The van der Waals surface area contributed by atoms with Gasteiger partial charge in [0.2, 0.25) is 5.91 Å². The standard InChI is InChI=1S/C18H16N4O2S/c19-16(23)10-13-11-25-18(21-13)22-17(24)14-8-4-5-9-15(14)20-12-6-2-1-3-7-12/h1-9,11,20H,10H2,(H2,19,23)(H,21,22,24). The van der Waals surface area contributed by atoms with Gasteiger partial charge in [-0.2, -0.15) is 0 Å². The molecule has 0 spiro atoms. The number of anilines is 3. The Hall–Kier alpha value is -3.19. The highest BCUT2D eigenvalue weighted by Crippen LogP contribution is 2.23. The average molecular weight is 352 g/mol. The largest absolute Gasteiger partial charge is 0.369 e. The summed E-state index contributed by atoms with van der Waals surface area (Å²) in [5, 5.41) is 8.12. The molecule has 2 aromatic carbocycles. The van der Waals surface area contributed by atoms with Crippen LogP contribution in [0.5, 0.6) is 0 Å². The van der Waals surface area contributed by atoms with E-state index in [1.165, 1.54) is 11.3 Å². The van der Waals surface area contributed by atoms with E-state index in [4.69, 9.17) is 5.73 Å². The summed E-state index contributed by atoms with van der Waals surface area (Å²) in [6.45, 7) is 0. The maximum Gasteiger partial charge on any atom is 0.259 e. The molecular weight excluding hydrogens is 336 g/mol. The topological polar surface area (TPSA) is 97.1 Å². The molecule has 3 rings (SSSR count). The Morgan fingerprint density at radius 3 is 2.52 bits per heavy atom. The zero-order chi connectivity index (χ0) is 17.6. The summed E-state index contributed by atoms with van der Waals surface area (Å²) in [7, 11) is 0. The van der Waals surface area contributed by atoms with Gasteiger partial charge in [0.05, 0.1) is 23.4 Å². The molecule has 0 bridgehead atoms. The Balaban J connectivity index is 1.76. The van der Waals surface area contributed by atoms with Gasteiger partial charge in [0.1, 0.15) is 0 Å². The van der Waals surface area contributed by atoms with E-state index in [2.05, 4.69) is 15.6 Å². The van der Waals surface area contributed by atoms with E-state index in [-0.39, 0.29) is 12.3 Å². The lowest BCUT2D eigenvalue weighted by Crippen LogP contribution is -2.15. The maximum absolute atomic E-state index is 12.6. The van der Waals surface area contributed by atoms with E-state index < -0.39 is 5.91 Å². The number of carbonyl (C=O) groups is 2. The number of primary amides is 1. The highest BCUT2D eigenvalue weighted by molar-refractivity contribution is 7.14. The minimum absolute atomic E-state index is 0.0541. The normalized spacial score (nSPS) is 10.2. The summed E-state index contributed by atoms with van der Waals surface area (Å²) in [5.74, 6) is -0.736. The molecule has 0 unspecified atom stereocenters. The van der Waals surface area contributed by atoms with Crippen molar-refractivity contribution in [1.82, 2.24) is 4.98 Å². The number of rotatable bonds is 6. The van der Waals surface area contributed by atoms with E-state index >= 15 is 0 Å². The van der Waals surface area contributed by atoms with Crippen LogP contribution in [-0.4, -0.2) is 16.8 Å². The van der Waals surface area contributed by atoms with Crippen LogP contribution in [0.4, 0.5) is 16.5 Å². The number of para-hydroxylation sites is 2. The van der Waals surface area contributed by atoms with Crippen LogP contribution in [0.25, 0.3) is 0 Å². The zero-order valence-corrected chi connectivity index (χ0v) is 14.0. The quantitative estimate of drug-likeness (QED) is 0.635. The minimum atomic E-state index is -0.458. The number of hydrogen-bond acceptors (Lipinski definition) is 5. The summed E-state index contributed by atoms with van der Waals surface area (Å²) in [5.41, 5.74) is 7.78. The SMILES string of the molecule is NC(=O)Cc1csc(NC(=O)c2ccccc2Nc2ccccc2)n1. The second-order valence-electron chi connectivity index (χ2n) is 5.28. The van der Waals surface area contributed by atoms with Crippen LogP contribution in [0.15, 0.2) is 60.0 Å². The van der Waals surface area contributed by atoms with Gasteiger partial charge in [0, 0.05) is 11.1 Å². The van der Waals surface area contributed by atoms with Crippen molar-refractivity contribution in [3.8, 4) is 0 Å². The molecular formula is C18H16N4O2S. The van der Waals surface area contributed by atoms with E-state index in [1.54, 1.807) is 17.5 Å². The van der Waals surface area contributed by atoms with Gasteiger partial charge in [0.15, 0.2) is 5.13 Å². The Bertz CT molecular complexity index is 893. The number of thiazole rings is 1. The number of benzene rings is 2. The number of nitrogens with two attached hydrogens (primary N) is 1. The molecule has 0 aliphatic heterocycles. The molecule has 6 nitrogen and oxygen atoms in total. The van der Waals surface area contributed by atoms with Gasteiger partial charge in [-0.1, -0.05) is 30.3 Å². The van der Waals surface area contributed by atoms with Gasteiger partial charge in [-0.05, 0) is 24.3 Å². The second kappa shape index (κ2) is 7.59. The lowest BCUT2D eigenvalue weighted by atomic mass is 10.1. The van der Waals surface area contributed by atoms with E-state index in [0.29, 0.717) is 22.1 Å². The number of nitrogens with one attached hydrogen (secondary N) is 2. The van der Waals surface area contributed by atoms with Crippen molar-refractivity contribution >= 4 is 39.7 Å². The predicted molar refractivity (Wildman–Crippen MR) is 99.1 cm³/mol. The monoisotopic (exact) mass is 352 g/mol. The third-order valence-corrected chi connectivity index (χ3v) is 4.16. The second-order valence-corrected chi connectivity index (χ2v) is 6.14. The zero-order valence-electron chi connectivity index (χ0n) is 13.2. The van der Waals surface area contributed by atoms with E-state index in [1.807, 2.05) is 42.5 Å². The summed E-state index contributed by atoms with van der Waals surface area (Å²) < 4.78 is 0. The van der Waals surface area contributed by atoms with Crippen molar-refractivity contribution in [2.45, 2.75) is 6.42 Å². The number of aromatic nitrogens is 1. The molecule has 0 saturated heterocycles. The third kappa shape index (κ3) is 4.42. The van der Waals surface area contributed by atoms with Crippen molar-refractivity contribution in [2.75, 3.05) is 10.6 Å². The molecule has 0 aliphatic rings. The fraction of sp³-hybridized carbons (Fsp3) is 0.0556. The molecule has 0 saturated carbocycles. The minimum Gasteiger partial charge on any atom is -0.369 e. The highest BCUT2D eigenvalue weighted by Gasteiger charge is 2.13. The van der Waals surface area contributed by atoms with Gasteiger partial charge in [-0.25, -0.2) is 4.98 Å². The Kier molecular flexibility index (Phi) is 5.06. The summed E-state index contributed by atoms with van der Waals surface area (Å²) in [6, 6.07) is 16.8. The fourth-order valence-corrected chi connectivity index (χ4v) is 2.96. The van der Waals surface area contributed by atoms with Crippen molar-refractivity contribution in [3.05, 3.63) is 71.2 Å². The molecule has 1 heterocycles. The van der Waals surface area contributed by atoms with E-state index in [0.717, 1.165) is 5.69 Å². The molecule has 0 aliphatic carbocycles. The van der Waals surface area contributed by atoms with Crippen molar-refractivity contribution in [1.29, 1.82) is 0 Å². The molecule has 0 atom stereocenters. The molecule has 126 valence electrons. The first-order valence-corrected chi connectivity index (χ1v) is 8.45. The molecule has 0 fully saturated rings. The molecule has 4 N–H and O–H groups in total.